The highest BCUT2D eigenvalue weighted by Gasteiger charge is 2.05. The Morgan fingerprint density at radius 2 is 1.67 bits per heavy atom. The molecule has 0 saturated heterocycles. The van der Waals surface area contributed by atoms with E-state index in [1.165, 1.54) is 0 Å². The minimum atomic E-state index is -0.616. The summed E-state index contributed by atoms with van der Waals surface area (Å²) in [5.74, 6) is 0.980. The van der Waals surface area contributed by atoms with Crippen molar-refractivity contribution in [2.24, 2.45) is 0 Å². The topological polar surface area (TPSA) is 29.5 Å². The van der Waals surface area contributed by atoms with Crippen molar-refractivity contribution in [3.05, 3.63) is 65.7 Å². The molecule has 0 aliphatic heterocycles. The number of aliphatic hydroxyl groups excluding tert-OH is 1. The van der Waals surface area contributed by atoms with Crippen LogP contribution in [0.3, 0.4) is 0 Å². The van der Waals surface area contributed by atoms with Crippen LogP contribution in [0.5, 0.6) is 5.75 Å². The van der Waals surface area contributed by atoms with Crippen LogP contribution in [0.2, 0.25) is 0 Å². The van der Waals surface area contributed by atoms with Gasteiger partial charge in [-0.15, -0.1) is 11.6 Å². The molecule has 2 aromatic carbocycles. The first kappa shape index (κ1) is 12.9. The summed E-state index contributed by atoms with van der Waals surface area (Å²) in [7, 11) is 0. The molecule has 3 heteroatoms. The average Bonchev–Trinajstić information content (AvgIpc) is 2.46. The second kappa shape index (κ2) is 6.43. The third-order valence-electron chi connectivity index (χ3n) is 2.66. The number of aliphatic hydroxyl groups is 1. The monoisotopic (exact) mass is 262 g/mol. The predicted molar refractivity (Wildman–Crippen MR) is 72.9 cm³/mol. The zero-order valence-electron chi connectivity index (χ0n) is 9.92. The van der Waals surface area contributed by atoms with Crippen LogP contribution in [-0.4, -0.2) is 11.0 Å². The molecule has 0 radical (unpaired) electrons. The van der Waals surface area contributed by atoms with Crippen molar-refractivity contribution in [1.29, 1.82) is 0 Å². The molecule has 2 rings (SSSR count). The molecule has 0 fully saturated rings. The largest absolute Gasteiger partial charge is 0.489 e. The number of alkyl halides is 1. The van der Waals surface area contributed by atoms with Gasteiger partial charge >= 0.3 is 0 Å². The van der Waals surface area contributed by atoms with E-state index in [2.05, 4.69) is 0 Å². The van der Waals surface area contributed by atoms with Crippen molar-refractivity contribution in [2.75, 3.05) is 5.88 Å². The molecule has 0 amide bonds. The van der Waals surface area contributed by atoms with E-state index in [1.807, 2.05) is 54.6 Å². The summed E-state index contributed by atoms with van der Waals surface area (Å²) in [6.07, 6.45) is -0.616. The van der Waals surface area contributed by atoms with E-state index in [9.17, 15) is 5.11 Å². The summed E-state index contributed by atoms with van der Waals surface area (Å²) in [5.41, 5.74) is 1.93. The van der Waals surface area contributed by atoms with E-state index >= 15 is 0 Å². The van der Waals surface area contributed by atoms with E-state index in [0.29, 0.717) is 6.61 Å². The highest BCUT2D eigenvalue weighted by atomic mass is 35.5. The molecule has 94 valence electrons. The second-order valence-corrected chi connectivity index (χ2v) is 4.32. The average molecular weight is 263 g/mol. The molecule has 0 unspecified atom stereocenters. The Morgan fingerprint density at radius 1 is 1.00 bits per heavy atom. The molecule has 18 heavy (non-hydrogen) atoms. The van der Waals surface area contributed by atoms with Crippen molar-refractivity contribution in [3.63, 3.8) is 0 Å². The Hall–Kier alpha value is -1.51. The van der Waals surface area contributed by atoms with Crippen LogP contribution in [0.4, 0.5) is 0 Å². The molecule has 0 aliphatic rings. The molecule has 0 aliphatic carbocycles. The van der Waals surface area contributed by atoms with Crippen molar-refractivity contribution >= 4 is 11.6 Å². The van der Waals surface area contributed by atoms with E-state index in [1.54, 1.807) is 0 Å². The van der Waals surface area contributed by atoms with Gasteiger partial charge in [0.15, 0.2) is 0 Å². The van der Waals surface area contributed by atoms with Gasteiger partial charge in [0.25, 0.3) is 0 Å². The number of hydrogen-bond donors (Lipinski definition) is 1. The summed E-state index contributed by atoms with van der Waals surface area (Å²) in [6.45, 7) is 0.540. The molecule has 1 N–H and O–H groups in total. The maximum atomic E-state index is 9.56. The minimum absolute atomic E-state index is 0.199. The smallest absolute Gasteiger partial charge is 0.119 e. The van der Waals surface area contributed by atoms with Gasteiger partial charge in [-0.1, -0.05) is 42.5 Å². The predicted octanol–water partition coefficient (Wildman–Crippen LogP) is 3.54. The maximum Gasteiger partial charge on any atom is 0.119 e. The van der Waals surface area contributed by atoms with Gasteiger partial charge in [0.1, 0.15) is 12.4 Å². The van der Waals surface area contributed by atoms with Gasteiger partial charge in [-0.3, -0.25) is 0 Å². The Bertz CT molecular complexity index is 468. The van der Waals surface area contributed by atoms with Crippen LogP contribution in [0.25, 0.3) is 0 Å². The first-order valence-corrected chi connectivity index (χ1v) is 6.34. The van der Waals surface area contributed by atoms with Crippen LogP contribution in [0.15, 0.2) is 54.6 Å². The molecule has 1 atom stereocenters. The number of hydrogen-bond acceptors (Lipinski definition) is 2. The first-order chi connectivity index (χ1) is 8.79. The van der Waals surface area contributed by atoms with E-state index in [4.69, 9.17) is 16.3 Å². The molecule has 0 saturated carbocycles. The van der Waals surface area contributed by atoms with Crippen molar-refractivity contribution < 1.29 is 9.84 Å². The van der Waals surface area contributed by atoms with Gasteiger partial charge in [-0.25, -0.2) is 0 Å². The maximum absolute atomic E-state index is 9.56. The highest BCUT2D eigenvalue weighted by molar-refractivity contribution is 6.18. The van der Waals surface area contributed by atoms with Gasteiger partial charge in [0.05, 0.1) is 12.0 Å². The standard InChI is InChI=1S/C15H15ClO2/c16-10-15(17)13-6-8-14(9-7-13)18-11-12-4-2-1-3-5-12/h1-9,15,17H,10-11H2/t15-/m1/s1. The molecule has 0 heterocycles. The normalized spacial score (nSPS) is 12.1. The Morgan fingerprint density at radius 3 is 2.28 bits per heavy atom. The lowest BCUT2D eigenvalue weighted by Crippen LogP contribution is -1.99. The number of halogens is 1. The van der Waals surface area contributed by atoms with Gasteiger partial charge < -0.3 is 9.84 Å². The van der Waals surface area contributed by atoms with Gasteiger partial charge in [0, 0.05) is 0 Å². The fourth-order valence-electron chi connectivity index (χ4n) is 1.62. The number of rotatable bonds is 5. The summed E-state index contributed by atoms with van der Waals surface area (Å²) in [5, 5.41) is 9.56. The minimum Gasteiger partial charge on any atom is -0.489 e. The van der Waals surface area contributed by atoms with Crippen LogP contribution >= 0.6 is 11.6 Å². The molecule has 2 aromatic rings. The van der Waals surface area contributed by atoms with Gasteiger partial charge in [0.2, 0.25) is 0 Å². The lowest BCUT2D eigenvalue weighted by atomic mass is 10.1. The summed E-state index contributed by atoms with van der Waals surface area (Å²) < 4.78 is 5.65. The molecule has 0 spiro atoms. The lowest BCUT2D eigenvalue weighted by Gasteiger charge is -2.09. The zero-order valence-corrected chi connectivity index (χ0v) is 10.7. The third-order valence-corrected chi connectivity index (χ3v) is 2.95. The number of benzene rings is 2. The Kier molecular flexibility index (Phi) is 4.62. The van der Waals surface area contributed by atoms with E-state index in [0.717, 1.165) is 16.9 Å². The Labute approximate surface area is 112 Å². The molecule has 0 aromatic heterocycles. The van der Waals surface area contributed by atoms with Crippen molar-refractivity contribution in [2.45, 2.75) is 12.7 Å². The van der Waals surface area contributed by atoms with Gasteiger partial charge in [-0.2, -0.15) is 0 Å². The van der Waals surface area contributed by atoms with Crippen LogP contribution in [-0.2, 0) is 6.61 Å². The van der Waals surface area contributed by atoms with Gasteiger partial charge in [-0.05, 0) is 23.3 Å². The number of ether oxygens (including phenoxy) is 1. The SMILES string of the molecule is O[C@H](CCl)c1ccc(OCc2ccccc2)cc1. The summed E-state index contributed by atoms with van der Waals surface area (Å²) in [4.78, 5) is 0. The molecule has 0 bridgehead atoms. The van der Waals surface area contributed by atoms with E-state index < -0.39 is 6.10 Å². The van der Waals surface area contributed by atoms with Crippen molar-refractivity contribution in [3.8, 4) is 5.75 Å². The van der Waals surface area contributed by atoms with Crippen LogP contribution < -0.4 is 4.74 Å². The summed E-state index contributed by atoms with van der Waals surface area (Å²) in [6, 6.07) is 17.3. The fraction of sp³-hybridized carbons (Fsp3) is 0.200. The second-order valence-electron chi connectivity index (χ2n) is 4.01. The van der Waals surface area contributed by atoms with Crippen molar-refractivity contribution in [1.82, 2.24) is 0 Å². The Balaban J connectivity index is 1.94. The van der Waals surface area contributed by atoms with Crippen LogP contribution in [0.1, 0.15) is 17.2 Å². The summed E-state index contributed by atoms with van der Waals surface area (Å²) >= 11 is 5.59. The molecular formula is C15H15ClO2. The van der Waals surface area contributed by atoms with Crippen LogP contribution in [0, 0.1) is 0 Å². The van der Waals surface area contributed by atoms with E-state index in [-0.39, 0.29) is 5.88 Å². The molecular weight excluding hydrogens is 248 g/mol. The highest BCUT2D eigenvalue weighted by Crippen LogP contribution is 2.19. The fourth-order valence-corrected chi connectivity index (χ4v) is 1.79. The quantitative estimate of drug-likeness (QED) is 0.836. The first-order valence-electron chi connectivity index (χ1n) is 5.80. The third kappa shape index (κ3) is 3.49. The molecule has 2 nitrogen and oxygen atoms in total. The zero-order chi connectivity index (χ0) is 12.8. The lowest BCUT2D eigenvalue weighted by molar-refractivity contribution is 0.202.